The van der Waals surface area contributed by atoms with Gasteiger partial charge in [-0.2, -0.15) is 5.01 Å². The fourth-order valence-electron chi connectivity index (χ4n) is 5.82. The normalized spacial score (nSPS) is 19.0. The van der Waals surface area contributed by atoms with Crippen LogP contribution < -0.4 is 5.32 Å². The molecule has 2 atom stereocenters. The summed E-state index contributed by atoms with van der Waals surface area (Å²) in [5.74, 6) is -0.325. The summed E-state index contributed by atoms with van der Waals surface area (Å²) in [7, 11) is 0. The highest BCUT2D eigenvalue weighted by molar-refractivity contribution is 5.92. The summed E-state index contributed by atoms with van der Waals surface area (Å²) >= 11 is 0. The van der Waals surface area contributed by atoms with Crippen LogP contribution in [-0.2, 0) is 22.7 Å². The van der Waals surface area contributed by atoms with Crippen LogP contribution in [0.3, 0.4) is 0 Å². The predicted molar refractivity (Wildman–Crippen MR) is 154 cm³/mol. The van der Waals surface area contributed by atoms with Crippen LogP contribution in [0.5, 0.6) is 0 Å². The van der Waals surface area contributed by atoms with Crippen LogP contribution >= 0.6 is 0 Å². The summed E-state index contributed by atoms with van der Waals surface area (Å²) < 4.78 is 0. The average Bonchev–Trinajstić information content (AvgIpc) is 3.61. The number of H-pyrrole nitrogens is 1. The largest absolute Gasteiger partial charge is 0.345 e. The lowest BCUT2D eigenvalue weighted by atomic mass is 10.00. The number of nitrogens with zero attached hydrogens (tertiary/aromatic N) is 5. The molecule has 0 saturated carbocycles. The molecule has 4 amide bonds. The first-order valence-electron chi connectivity index (χ1n) is 14.0. The van der Waals surface area contributed by atoms with E-state index in [0.717, 1.165) is 27.7 Å². The van der Waals surface area contributed by atoms with E-state index < -0.39 is 12.2 Å². The Labute approximate surface area is 238 Å². The van der Waals surface area contributed by atoms with Gasteiger partial charge in [0.1, 0.15) is 12.2 Å². The number of nitrogens with one attached hydrogen (secondary N) is 2. The Balaban J connectivity index is 1.32. The van der Waals surface area contributed by atoms with Crippen molar-refractivity contribution >= 4 is 28.9 Å². The van der Waals surface area contributed by atoms with Gasteiger partial charge in [-0.15, -0.1) is 0 Å². The van der Waals surface area contributed by atoms with Crippen molar-refractivity contribution in [2.45, 2.75) is 38.6 Å². The summed E-state index contributed by atoms with van der Waals surface area (Å²) in [6.45, 7) is 3.44. The summed E-state index contributed by atoms with van der Waals surface area (Å²) in [6.07, 6.45) is 1.86. The van der Waals surface area contributed by atoms with E-state index in [9.17, 15) is 14.4 Å². The number of fused-ring (bicyclic) bond motifs is 2. The van der Waals surface area contributed by atoms with Gasteiger partial charge in [0.2, 0.25) is 5.91 Å². The Morgan fingerprint density at radius 3 is 2.54 bits per heavy atom. The molecule has 3 heterocycles. The summed E-state index contributed by atoms with van der Waals surface area (Å²) in [5, 5.41) is 6.48. The molecule has 2 N–H and O–H groups in total. The molecule has 210 valence electrons. The minimum absolute atomic E-state index is 0.0167. The maximum atomic E-state index is 14.1. The number of hydrazine groups is 1. The van der Waals surface area contributed by atoms with E-state index in [0.29, 0.717) is 26.1 Å². The van der Waals surface area contributed by atoms with Crippen LogP contribution in [0.15, 0.2) is 85.2 Å². The zero-order chi connectivity index (χ0) is 28.3. The molecule has 0 radical (unpaired) electrons. The second-order valence-electron chi connectivity index (χ2n) is 10.4. The first-order chi connectivity index (χ1) is 20.0. The first-order valence-corrected chi connectivity index (χ1v) is 14.0. The highest BCUT2D eigenvalue weighted by atomic mass is 16.2. The van der Waals surface area contributed by atoms with E-state index in [1.165, 1.54) is 0 Å². The van der Waals surface area contributed by atoms with Crippen molar-refractivity contribution in [3.63, 3.8) is 0 Å². The number of benzene rings is 3. The molecule has 1 aromatic heterocycles. The van der Waals surface area contributed by atoms with E-state index in [1.807, 2.05) is 90.8 Å². The van der Waals surface area contributed by atoms with Gasteiger partial charge in [0.15, 0.2) is 0 Å². The minimum atomic E-state index is -0.790. The van der Waals surface area contributed by atoms with E-state index in [1.54, 1.807) is 21.1 Å². The Bertz CT molecular complexity index is 1540. The number of aromatic amines is 1. The molecule has 10 nitrogen and oxygen atoms in total. The second-order valence-corrected chi connectivity index (χ2v) is 10.4. The molecule has 3 aromatic carbocycles. The van der Waals surface area contributed by atoms with Gasteiger partial charge < -0.3 is 20.1 Å². The third-order valence-corrected chi connectivity index (χ3v) is 7.73. The topological polar surface area (TPSA) is 105 Å². The maximum absolute atomic E-state index is 14.1. The lowest BCUT2D eigenvalue weighted by molar-refractivity contribution is -0.158. The molecule has 2 saturated heterocycles. The molecule has 6 rings (SSSR count). The van der Waals surface area contributed by atoms with Gasteiger partial charge in [-0.3, -0.25) is 14.6 Å². The van der Waals surface area contributed by atoms with Crippen LogP contribution in [-0.4, -0.2) is 73.4 Å². The molecule has 0 spiro atoms. The number of carbonyl (C=O) groups excluding carboxylic acids is 3. The Hall–Kier alpha value is -4.70. The third kappa shape index (κ3) is 5.14. The van der Waals surface area contributed by atoms with Crippen LogP contribution in [0.1, 0.15) is 36.1 Å². The summed E-state index contributed by atoms with van der Waals surface area (Å²) in [4.78, 5) is 52.3. The standard InChI is InChI=1S/C31H33N7O3/c1-2-16-36(31(41)32-17-22-10-5-3-6-11-22)37-20-27(39)38-26(37)19-35(30(40)29(38)23-12-7-4-8-13-23)18-24-14-9-15-25-28(24)34-21-33-25/h3-15,21,26,29H,2,16-20H2,1H3,(H,32,41)(H,33,34)/t26-,29+/m1/s1. The SMILES string of the molecule is CCCN(C(=O)NCc1ccccc1)N1CC(=O)N2[C@@H](c3ccccc3)C(=O)N(Cc3cccc4[nH]cnc34)C[C@@H]21. The van der Waals surface area contributed by atoms with Gasteiger partial charge in [-0.1, -0.05) is 79.7 Å². The third-order valence-electron chi connectivity index (χ3n) is 7.73. The number of para-hydroxylation sites is 1. The molecular weight excluding hydrogens is 518 g/mol. The van der Waals surface area contributed by atoms with Crippen LogP contribution in [0.4, 0.5) is 4.79 Å². The number of hydrogen-bond acceptors (Lipinski definition) is 5. The van der Waals surface area contributed by atoms with Crippen molar-refractivity contribution < 1.29 is 14.4 Å². The molecule has 0 bridgehead atoms. The highest BCUT2D eigenvalue weighted by Gasteiger charge is 2.52. The molecule has 2 aliphatic heterocycles. The maximum Gasteiger partial charge on any atom is 0.332 e. The molecule has 0 unspecified atom stereocenters. The summed E-state index contributed by atoms with van der Waals surface area (Å²) in [6, 6.07) is 23.9. The molecule has 2 aliphatic rings. The summed E-state index contributed by atoms with van der Waals surface area (Å²) in [5.41, 5.74) is 4.36. The number of urea groups is 1. The van der Waals surface area contributed by atoms with Crippen LogP contribution in [0.25, 0.3) is 11.0 Å². The number of hydrogen-bond donors (Lipinski definition) is 2. The van der Waals surface area contributed by atoms with Crippen molar-refractivity contribution in [1.82, 2.24) is 35.1 Å². The Kier molecular flexibility index (Phi) is 7.39. The minimum Gasteiger partial charge on any atom is -0.345 e. The zero-order valence-electron chi connectivity index (χ0n) is 22.9. The van der Waals surface area contributed by atoms with Crippen molar-refractivity contribution in [3.8, 4) is 0 Å². The number of piperazine rings is 1. The predicted octanol–water partition coefficient (Wildman–Crippen LogP) is 3.65. The number of amides is 4. The van der Waals surface area contributed by atoms with Gasteiger partial charge in [-0.25, -0.2) is 9.78 Å². The smallest absolute Gasteiger partial charge is 0.332 e. The zero-order valence-corrected chi connectivity index (χ0v) is 22.9. The second kappa shape index (κ2) is 11.4. The van der Waals surface area contributed by atoms with Crippen LogP contribution in [0, 0.1) is 0 Å². The fourth-order valence-corrected chi connectivity index (χ4v) is 5.82. The van der Waals surface area contributed by atoms with Crippen molar-refractivity contribution in [3.05, 3.63) is 102 Å². The quantitative estimate of drug-likeness (QED) is 0.348. The molecule has 0 aliphatic carbocycles. The van der Waals surface area contributed by atoms with E-state index >= 15 is 0 Å². The number of carbonyl (C=O) groups is 3. The highest BCUT2D eigenvalue weighted by Crippen LogP contribution is 2.36. The molecule has 10 heteroatoms. The van der Waals surface area contributed by atoms with Gasteiger partial charge in [-0.05, 0) is 29.2 Å². The molecule has 4 aromatic rings. The van der Waals surface area contributed by atoms with Gasteiger partial charge in [0.25, 0.3) is 5.91 Å². The van der Waals surface area contributed by atoms with Gasteiger partial charge >= 0.3 is 6.03 Å². The van der Waals surface area contributed by atoms with E-state index in [-0.39, 0.29) is 30.9 Å². The van der Waals surface area contributed by atoms with E-state index in [4.69, 9.17) is 0 Å². The number of aromatic nitrogens is 2. The van der Waals surface area contributed by atoms with E-state index in [2.05, 4.69) is 15.3 Å². The molecule has 41 heavy (non-hydrogen) atoms. The Morgan fingerprint density at radius 1 is 1.02 bits per heavy atom. The Morgan fingerprint density at radius 2 is 1.78 bits per heavy atom. The lowest BCUT2D eigenvalue weighted by Crippen LogP contribution is -2.62. The van der Waals surface area contributed by atoms with Crippen LogP contribution in [0.2, 0.25) is 0 Å². The molecule has 2 fully saturated rings. The monoisotopic (exact) mass is 551 g/mol. The molecular formula is C31H33N7O3. The van der Waals surface area contributed by atoms with Crippen molar-refractivity contribution in [2.75, 3.05) is 19.6 Å². The number of rotatable bonds is 8. The van der Waals surface area contributed by atoms with Gasteiger partial charge in [0, 0.05) is 19.6 Å². The lowest BCUT2D eigenvalue weighted by Gasteiger charge is -2.46. The average molecular weight is 552 g/mol. The van der Waals surface area contributed by atoms with Crippen molar-refractivity contribution in [2.24, 2.45) is 0 Å². The first kappa shape index (κ1) is 26.5. The fraction of sp³-hybridized carbons (Fsp3) is 0.290. The van der Waals surface area contributed by atoms with Gasteiger partial charge in [0.05, 0.1) is 30.5 Å². The van der Waals surface area contributed by atoms with Crippen molar-refractivity contribution in [1.29, 1.82) is 0 Å². The number of imidazole rings is 1.